The Morgan fingerprint density at radius 1 is 1.53 bits per heavy atom. The van der Waals surface area contributed by atoms with Crippen molar-refractivity contribution in [2.75, 3.05) is 20.3 Å². The molecule has 1 aromatic rings. The summed E-state index contributed by atoms with van der Waals surface area (Å²) in [5.74, 6) is 1.89. The minimum atomic E-state index is 0.383. The second-order valence-electron chi connectivity index (χ2n) is 3.61. The Labute approximate surface area is 90.4 Å². The quantitative estimate of drug-likeness (QED) is 0.823. The molecule has 1 aliphatic rings. The van der Waals surface area contributed by atoms with Crippen molar-refractivity contribution < 1.29 is 9.47 Å². The van der Waals surface area contributed by atoms with E-state index in [0.29, 0.717) is 12.6 Å². The van der Waals surface area contributed by atoms with Gasteiger partial charge >= 0.3 is 0 Å². The van der Waals surface area contributed by atoms with Crippen LogP contribution < -0.4 is 14.8 Å². The van der Waals surface area contributed by atoms with Crippen LogP contribution in [0.5, 0.6) is 11.5 Å². The normalized spacial score (nSPS) is 19.2. The predicted molar refractivity (Wildman–Crippen MR) is 59.5 cm³/mol. The number of nitrogens with one attached hydrogen (secondary N) is 1. The predicted octanol–water partition coefficient (Wildman–Crippen LogP) is 2.13. The van der Waals surface area contributed by atoms with Crippen LogP contribution in [-0.2, 0) is 0 Å². The van der Waals surface area contributed by atoms with Gasteiger partial charge in [-0.1, -0.05) is 0 Å². The third-order valence-corrected chi connectivity index (χ3v) is 2.68. The molecule has 82 valence electrons. The molecule has 0 fully saturated rings. The summed E-state index contributed by atoms with van der Waals surface area (Å²) in [7, 11) is 1.98. The largest absolute Gasteiger partial charge is 0.494 e. The highest BCUT2D eigenvalue weighted by Crippen LogP contribution is 2.34. The van der Waals surface area contributed by atoms with Crippen LogP contribution in [0.4, 0.5) is 0 Å². The molecule has 15 heavy (non-hydrogen) atoms. The smallest absolute Gasteiger partial charge is 0.124 e. The van der Waals surface area contributed by atoms with Gasteiger partial charge in [-0.3, -0.25) is 0 Å². The van der Waals surface area contributed by atoms with Crippen molar-refractivity contribution in [3.8, 4) is 11.5 Å². The Kier molecular flexibility index (Phi) is 3.11. The molecule has 0 bridgehead atoms. The maximum Gasteiger partial charge on any atom is 0.124 e. The monoisotopic (exact) mass is 207 g/mol. The first kappa shape index (κ1) is 10.3. The van der Waals surface area contributed by atoms with E-state index < -0.39 is 0 Å². The molecule has 2 rings (SSSR count). The average Bonchev–Trinajstić information content (AvgIpc) is 2.28. The summed E-state index contributed by atoms with van der Waals surface area (Å²) in [6.45, 7) is 3.47. The summed E-state index contributed by atoms with van der Waals surface area (Å²) >= 11 is 0. The van der Waals surface area contributed by atoms with Gasteiger partial charge in [0.2, 0.25) is 0 Å². The second kappa shape index (κ2) is 4.53. The first-order chi connectivity index (χ1) is 7.35. The van der Waals surface area contributed by atoms with Crippen LogP contribution in [0.25, 0.3) is 0 Å². The summed E-state index contributed by atoms with van der Waals surface area (Å²) in [6, 6.07) is 6.40. The van der Waals surface area contributed by atoms with E-state index in [-0.39, 0.29) is 0 Å². The first-order valence-corrected chi connectivity index (χ1v) is 5.42. The molecule has 1 heterocycles. The molecule has 1 atom stereocenters. The van der Waals surface area contributed by atoms with Crippen molar-refractivity contribution in [1.29, 1.82) is 0 Å². The Hall–Kier alpha value is -1.22. The van der Waals surface area contributed by atoms with Gasteiger partial charge in [-0.05, 0) is 32.2 Å². The lowest BCUT2D eigenvalue weighted by molar-refractivity contribution is 0.255. The summed E-state index contributed by atoms with van der Waals surface area (Å²) in [6.07, 6.45) is 1.01. The fourth-order valence-electron chi connectivity index (χ4n) is 1.93. The third kappa shape index (κ3) is 2.07. The van der Waals surface area contributed by atoms with Gasteiger partial charge < -0.3 is 14.8 Å². The SMILES string of the molecule is CCOc1ccc2c(c1)C(NC)CCO2. The number of fused-ring (bicyclic) bond motifs is 1. The lowest BCUT2D eigenvalue weighted by Gasteiger charge is -2.25. The van der Waals surface area contributed by atoms with Crippen LogP contribution in [0.3, 0.4) is 0 Å². The molecule has 0 spiro atoms. The minimum Gasteiger partial charge on any atom is -0.494 e. The van der Waals surface area contributed by atoms with Crippen molar-refractivity contribution in [2.24, 2.45) is 0 Å². The number of hydrogen-bond donors (Lipinski definition) is 1. The zero-order valence-corrected chi connectivity index (χ0v) is 9.25. The highest BCUT2D eigenvalue weighted by Gasteiger charge is 2.20. The molecule has 3 nitrogen and oxygen atoms in total. The molecule has 1 unspecified atom stereocenters. The maximum absolute atomic E-state index is 5.59. The van der Waals surface area contributed by atoms with E-state index in [2.05, 4.69) is 11.4 Å². The topological polar surface area (TPSA) is 30.5 Å². The fraction of sp³-hybridized carbons (Fsp3) is 0.500. The van der Waals surface area contributed by atoms with Crippen LogP contribution in [0.2, 0.25) is 0 Å². The van der Waals surface area contributed by atoms with Crippen LogP contribution in [0.15, 0.2) is 18.2 Å². The summed E-state index contributed by atoms with van der Waals surface area (Å²) in [5.41, 5.74) is 1.20. The van der Waals surface area contributed by atoms with E-state index in [0.717, 1.165) is 24.5 Å². The lowest BCUT2D eigenvalue weighted by atomic mass is 10.0. The van der Waals surface area contributed by atoms with E-state index in [1.54, 1.807) is 0 Å². The molecule has 0 aliphatic carbocycles. The molecule has 1 aliphatic heterocycles. The first-order valence-electron chi connectivity index (χ1n) is 5.42. The minimum absolute atomic E-state index is 0.383. The Balaban J connectivity index is 2.30. The van der Waals surface area contributed by atoms with E-state index >= 15 is 0 Å². The molecule has 3 heteroatoms. The molecule has 1 aromatic carbocycles. The van der Waals surface area contributed by atoms with E-state index in [1.165, 1.54) is 5.56 Å². The average molecular weight is 207 g/mol. The molecule has 0 radical (unpaired) electrons. The van der Waals surface area contributed by atoms with Gasteiger partial charge in [-0.2, -0.15) is 0 Å². The Morgan fingerprint density at radius 2 is 2.40 bits per heavy atom. The third-order valence-electron chi connectivity index (χ3n) is 2.68. The molecular weight excluding hydrogens is 190 g/mol. The summed E-state index contributed by atoms with van der Waals surface area (Å²) < 4.78 is 11.1. The summed E-state index contributed by atoms with van der Waals surface area (Å²) in [5, 5.41) is 3.29. The number of rotatable bonds is 3. The van der Waals surface area contributed by atoms with Gasteiger partial charge in [0.15, 0.2) is 0 Å². The Bertz CT molecular complexity index is 338. The van der Waals surface area contributed by atoms with Crippen molar-refractivity contribution in [2.45, 2.75) is 19.4 Å². The van der Waals surface area contributed by atoms with Crippen LogP contribution in [0.1, 0.15) is 24.9 Å². The highest BCUT2D eigenvalue weighted by molar-refractivity contribution is 5.43. The van der Waals surface area contributed by atoms with E-state index in [9.17, 15) is 0 Å². The Morgan fingerprint density at radius 3 is 3.13 bits per heavy atom. The highest BCUT2D eigenvalue weighted by atomic mass is 16.5. The molecular formula is C12H17NO2. The van der Waals surface area contributed by atoms with Crippen molar-refractivity contribution >= 4 is 0 Å². The van der Waals surface area contributed by atoms with Crippen LogP contribution in [0, 0.1) is 0 Å². The van der Waals surface area contributed by atoms with Gasteiger partial charge in [0, 0.05) is 18.0 Å². The van der Waals surface area contributed by atoms with Gasteiger partial charge in [-0.25, -0.2) is 0 Å². The van der Waals surface area contributed by atoms with Crippen molar-refractivity contribution in [1.82, 2.24) is 5.32 Å². The number of benzene rings is 1. The van der Waals surface area contributed by atoms with Crippen molar-refractivity contribution in [3.63, 3.8) is 0 Å². The molecule has 0 amide bonds. The van der Waals surface area contributed by atoms with Gasteiger partial charge in [-0.15, -0.1) is 0 Å². The lowest BCUT2D eigenvalue weighted by Crippen LogP contribution is -2.23. The maximum atomic E-state index is 5.59. The fourth-order valence-corrected chi connectivity index (χ4v) is 1.93. The van der Waals surface area contributed by atoms with Gasteiger partial charge in [0.05, 0.1) is 13.2 Å². The molecule has 1 N–H and O–H groups in total. The summed E-state index contributed by atoms with van der Waals surface area (Å²) in [4.78, 5) is 0. The van der Waals surface area contributed by atoms with E-state index in [4.69, 9.17) is 9.47 Å². The molecule has 0 saturated carbocycles. The van der Waals surface area contributed by atoms with Gasteiger partial charge in [0.25, 0.3) is 0 Å². The number of ether oxygens (including phenoxy) is 2. The van der Waals surface area contributed by atoms with Gasteiger partial charge in [0.1, 0.15) is 11.5 Å². The zero-order valence-electron chi connectivity index (χ0n) is 9.25. The van der Waals surface area contributed by atoms with Crippen molar-refractivity contribution in [3.05, 3.63) is 23.8 Å². The van der Waals surface area contributed by atoms with Crippen LogP contribution in [-0.4, -0.2) is 20.3 Å². The second-order valence-corrected chi connectivity index (χ2v) is 3.61. The van der Waals surface area contributed by atoms with E-state index in [1.807, 2.05) is 26.1 Å². The zero-order chi connectivity index (χ0) is 10.7. The molecule has 0 aromatic heterocycles. The van der Waals surface area contributed by atoms with Crippen LogP contribution >= 0.6 is 0 Å². The number of hydrogen-bond acceptors (Lipinski definition) is 3. The molecule has 0 saturated heterocycles. The standard InChI is InChI=1S/C12H17NO2/c1-3-14-9-4-5-12-10(8-9)11(13-2)6-7-15-12/h4-5,8,11,13H,3,6-7H2,1-2H3.